The molecule has 0 heterocycles. The van der Waals surface area contributed by atoms with E-state index in [2.05, 4.69) is 10.6 Å². The number of rotatable bonds is 3. The molecule has 0 aliphatic rings. The van der Waals surface area contributed by atoms with Gasteiger partial charge in [-0.1, -0.05) is 47.5 Å². The first-order valence-electron chi connectivity index (χ1n) is 7.62. The van der Waals surface area contributed by atoms with Gasteiger partial charge in [-0.25, -0.2) is 0 Å². The quantitative estimate of drug-likeness (QED) is 0.582. The van der Waals surface area contributed by atoms with Crippen LogP contribution in [0.25, 0.3) is 10.8 Å². The van der Waals surface area contributed by atoms with Crippen molar-refractivity contribution in [1.29, 1.82) is 0 Å². The van der Waals surface area contributed by atoms with Crippen molar-refractivity contribution in [2.75, 3.05) is 12.4 Å². The average Bonchev–Trinajstić information content (AvgIpc) is 2.61. The van der Waals surface area contributed by atoms with E-state index in [1.165, 1.54) is 7.11 Å². The third-order valence-electron chi connectivity index (χ3n) is 3.75. The predicted molar refractivity (Wildman–Crippen MR) is 111 cm³/mol. The molecule has 0 aromatic heterocycles. The van der Waals surface area contributed by atoms with Crippen molar-refractivity contribution in [1.82, 2.24) is 5.32 Å². The molecule has 0 saturated carbocycles. The number of benzene rings is 3. The van der Waals surface area contributed by atoms with Crippen LogP contribution in [-0.2, 0) is 0 Å². The Balaban J connectivity index is 1.82. The lowest BCUT2D eigenvalue weighted by molar-refractivity contribution is 0.0979. The first kappa shape index (κ1) is 18.5. The molecule has 0 spiro atoms. The summed E-state index contributed by atoms with van der Waals surface area (Å²) in [6.45, 7) is 0. The van der Waals surface area contributed by atoms with Crippen LogP contribution in [0.5, 0.6) is 5.75 Å². The Bertz CT molecular complexity index is 1010. The number of carbonyl (C=O) groups is 1. The number of fused-ring (bicyclic) bond motifs is 1. The Hall–Kier alpha value is -2.34. The summed E-state index contributed by atoms with van der Waals surface area (Å²) in [5, 5.41) is 8.38. The fourth-order valence-corrected chi connectivity index (χ4v) is 3.18. The number of hydrogen-bond donors (Lipinski definition) is 2. The highest BCUT2D eigenvalue weighted by atomic mass is 35.5. The molecule has 0 unspecified atom stereocenters. The van der Waals surface area contributed by atoms with Gasteiger partial charge in [0.05, 0.1) is 12.8 Å². The number of anilines is 1. The van der Waals surface area contributed by atoms with Gasteiger partial charge in [0.2, 0.25) is 0 Å². The van der Waals surface area contributed by atoms with E-state index in [4.69, 9.17) is 40.2 Å². The van der Waals surface area contributed by atoms with E-state index in [0.29, 0.717) is 27.0 Å². The molecular formula is C19H14Cl2N2O2S. The third kappa shape index (κ3) is 3.90. The van der Waals surface area contributed by atoms with E-state index in [1.807, 2.05) is 12.1 Å². The summed E-state index contributed by atoms with van der Waals surface area (Å²) in [5.74, 6) is 0.222. The number of thiocarbonyl (C=S) groups is 1. The monoisotopic (exact) mass is 404 g/mol. The zero-order valence-corrected chi connectivity index (χ0v) is 16.0. The Morgan fingerprint density at radius 3 is 2.54 bits per heavy atom. The summed E-state index contributed by atoms with van der Waals surface area (Å²) in [5.41, 5.74) is 1.04. The summed E-state index contributed by atoms with van der Waals surface area (Å²) < 4.78 is 5.25. The summed E-state index contributed by atoms with van der Waals surface area (Å²) in [6.07, 6.45) is 0. The van der Waals surface area contributed by atoms with Gasteiger partial charge in [0.25, 0.3) is 5.91 Å². The summed E-state index contributed by atoms with van der Waals surface area (Å²) in [7, 11) is 1.54. The van der Waals surface area contributed by atoms with Gasteiger partial charge >= 0.3 is 0 Å². The standard InChI is InChI=1S/C19H14Cl2N2O2S/c1-25-17-9-8-11(20)10-16(17)22-19(26)23-18(24)14-6-2-5-13-12(14)4-3-7-15(13)21/h2-10H,1H3,(H2,22,23,24,26). The largest absolute Gasteiger partial charge is 0.495 e. The summed E-state index contributed by atoms with van der Waals surface area (Å²) in [6, 6.07) is 15.9. The lowest BCUT2D eigenvalue weighted by Crippen LogP contribution is -2.34. The highest BCUT2D eigenvalue weighted by Gasteiger charge is 2.13. The normalized spacial score (nSPS) is 10.4. The van der Waals surface area contributed by atoms with Crippen LogP contribution in [-0.4, -0.2) is 18.1 Å². The molecule has 0 aliphatic carbocycles. The predicted octanol–water partition coefficient (Wildman–Crippen LogP) is 5.28. The van der Waals surface area contributed by atoms with Gasteiger partial charge in [0, 0.05) is 21.0 Å². The van der Waals surface area contributed by atoms with Crippen LogP contribution in [0.2, 0.25) is 10.0 Å². The van der Waals surface area contributed by atoms with E-state index in [9.17, 15) is 4.79 Å². The van der Waals surface area contributed by atoms with Gasteiger partial charge in [-0.2, -0.15) is 0 Å². The van der Waals surface area contributed by atoms with Crippen LogP contribution in [0.15, 0.2) is 54.6 Å². The molecule has 0 saturated heterocycles. The van der Waals surface area contributed by atoms with Crippen molar-refractivity contribution in [2.24, 2.45) is 0 Å². The first-order valence-corrected chi connectivity index (χ1v) is 8.79. The van der Waals surface area contributed by atoms with Gasteiger partial charge in [0.1, 0.15) is 5.75 Å². The zero-order valence-electron chi connectivity index (χ0n) is 13.7. The molecule has 0 aliphatic heterocycles. The minimum atomic E-state index is -0.337. The van der Waals surface area contributed by atoms with Crippen LogP contribution in [0.4, 0.5) is 5.69 Å². The number of methoxy groups -OCH3 is 1. The molecule has 3 aromatic rings. The number of carbonyl (C=O) groups excluding carboxylic acids is 1. The molecule has 132 valence electrons. The highest BCUT2D eigenvalue weighted by Crippen LogP contribution is 2.28. The second-order valence-corrected chi connectivity index (χ2v) is 6.65. The van der Waals surface area contributed by atoms with E-state index in [0.717, 1.165) is 10.8 Å². The molecule has 0 bridgehead atoms. The van der Waals surface area contributed by atoms with E-state index < -0.39 is 0 Å². The van der Waals surface area contributed by atoms with Crippen molar-refractivity contribution in [3.63, 3.8) is 0 Å². The van der Waals surface area contributed by atoms with Crippen molar-refractivity contribution < 1.29 is 9.53 Å². The van der Waals surface area contributed by atoms with Crippen LogP contribution in [0.1, 0.15) is 10.4 Å². The highest BCUT2D eigenvalue weighted by molar-refractivity contribution is 7.80. The molecule has 3 rings (SSSR count). The SMILES string of the molecule is COc1ccc(Cl)cc1NC(=S)NC(=O)c1cccc2c(Cl)cccc12. The maximum Gasteiger partial charge on any atom is 0.258 e. The topological polar surface area (TPSA) is 50.4 Å². The smallest absolute Gasteiger partial charge is 0.258 e. The molecule has 0 fully saturated rings. The summed E-state index contributed by atoms with van der Waals surface area (Å²) >= 11 is 17.4. The fraction of sp³-hybridized carbons (Fsp3) is 0.0526. The molecule has 0 radical (unpaired) electrons. The molecule has 26 heavy (non-hydrogen) atoms. The van der Waals surface area contributed by atoms with Crippen LogP contribution >= 0.6 is 35.4 Å². The first-order chi connectivity index (χ1) is 12.5. The Morgan fingerprint density at radius 1 is 1.04 bits per heavy atom. The van der Waals surface area contributed by atoms with E-state index in [-0.39, 0.29) is 11.0 Å². The lowest BCUT2D eigenvalue weighted by atomic mass is 10.0. The minimum Gasteiger partial charge on any atom is -0.495 e. The molecule has 7 heteroatoms. The van der Waals surface area contributed by atoms with E-state index in [1.54, 1.807) is 42.5 Å². The molecule has 1 amide bonds. The zero-order chi connectivity index (χ0) is 18.7. The van der Waals surface area contributed by atoms with Gasteiger partial charge < -0.3 is 10.1 Å². The second kappa shape index (κ2) is 7.91. The minimum absolute atomic E-state index is 0.134. The lowest BCUT2D eigenvalue weighted by Gasteiger charge is -2.14. The molecular weight excluding hydrogens is 391 g/mol. The van der Waals surface area contributed by atoms with Crippen molar-refractivity contribution in [3.8, 4) is 5.75 Å². The molecule has 0 atom stereocenters. The van der Waals surface area contributed by atoms with Crippen molar-refractivity contribution in [2.45, 2.75) is 0 Å². The summed E-state index contributed by atoms with van der Waals surface area (Å²) in [4.78, 5) is 12.7. The van der Waals surface area contributed by atoms with Crippen molar-refractivity contribution >= 4 is 62.9 Å². The van der Waals surface area contributed by atoms with Gasteiger partial charge in [-0.15, -0.1) is 0 Å². The number of hydrogen-bond acceptors (Lipinski definition) is 3. The number of halogens is 2. The Morgan fingerprint density at radius 2 is 1.77 bits per heavy atom. The number of amides is 1. The number of nitrogens with one attached hydrogen (secondary N) is 2. The fourth-order valence-electron chi connectivity index (χ4n) is 2.57. The Labute approximate surface area is 166 Å². The van der Waals surface area contributed by atoms with Crippen LogP contribution in [0.3, 0.4) is 0 Å². The average molecular weight is 405 g/mol. The maximum absolute atomic E-state index is 12.7. The van der Waals surface area contributed by atoms with Crippen LogP contribution in [0, 0.1) is 0 Å². The molecule has 3 aromatic carbocycles. The number of ether oxygens (including phenoxy) is 1. The van der Waals surface area contributed by atoms with Crippen molar-refractivity contribution in [3.05, 3.63) is 70.2 Å². The second-order valence-electron chi connectivity index (χ2n) is 5.39. The maximum atomic E-state index is 12.7. The van der Waals surface area contributed by atoms with Crippen LogP contribution < -0.4 is 15.4 Å². The van der Waals surface area contributed by atoms with Gasteiger partial charge in [-0.3, -0.25) is 10.1 Å². The third-order valence-corrected chi connectivity index (χ3v) is 4.52. The van der Waals surface area contributed by atoms with Gasteiger partial charge in [-0.05, 0) is 47.9 Å². The molecule has 2 N–H and O–H groups in total. The Kier molecular flexibility index (Phi) is 5.61. The van der Waals surface area contributed by atoms with E-state index >= 15 is 0 Å². The molecule has 4 nitrogen and oxygen atoms in total. The van der Waals surface area contributed by atoms with Gasteiger partial charge in [0.15, 0.2) is 5.11 Å².